The number of likely N-dealkylation sites (N-methyl/N-ethyl adjacent to an activating group) is 1. The molecule has 0 radical (unpaired) electrons. The molecule has 1 N–H and O–H groups in total. The molecule has 2 heterocycles. The highest BCUT2D eigenvalue weighted by Crippen LogP contribution is 2.22. The number of halogens is 1. The Morgan fingerprint density at radius 2 is 2.25 bits per heavy atom. The molecule has 0 bridgehead atoms. The second-order valence-corrected chi connectivity index (χ2v) is 7.04. The van der Waals surface area contributed by atoms with Crippen LogP contribution in [0.15, 0.2) is 12.1 Å². The first kappa shape index (κ1) is 15.8. The summed E-state index contributed by atoms with van der Waals surface area (Å²) < 4.78 is 0.772. The molecule has 2 rings (SSSR count). The summed E-state index contributed by atoms with van der Waals surface area (Å²) in [5.74, 6) is 0.176. The van der Waals surface area contributed by atoms with E-state index in [1.165, 1.54) is 11.3 Å². The van der Waals surface area contributed by atoms with E-state index in [1.54, 1.807) is 4.90 Å². The number of amides is 1. The van der Waals surface area contributed by atoms with Crippen LogP contribution in [0, 0.1) is 0 Å². The van der Waals surface area contributed by atoms with Crippen LogP contribution >= 0.6 is 22.9 Å². The van der Waals surface area contributed by atoms with Crippen LogP contribution in [0.5, 0.6) is 0 Å². The Hall–Kier alpha value is -0.620. The summed E-state index contributed by atoms with van der Waals surface area (Å²) in [7, 11) is 1.86. The summed E-state index contributed by atoms with van der Waals surface area (Å²) >= 11 is 7.45. The third-order valence-corrected chi connectivity index (χ3v) is 4.79. The quantitative estimate of drug-likeness (QED) is 0.836. The van der Waals surface area contributed by atoms with Crippen LogP contribution in [0.3, 0.4) is 0 Å². The molecule has 0 aliphatic carbocycles. The lowest BCUT2D eigenvalue weighted by Crippen LogP contribution is -2.59. The topological polar surface area (TPSA) is 35.6 Å². The van der Waals surface area contributed by atoms with Crippen LogP contribution < -0.4 is 5.32 Å². The van der Waals surface area contributed by atoms with Crippen LogP contribution in [-0.2, 0) is 11.3 Å². The molecule has 1 fully saturated rings. The summed E-state index contributed by atoms with van der Waals surface area (Å²) in [6, 6.07) is 4.38. The predicted molar refractivity (Wildman–Crippen MR) is 84.3 cm³/mol. The van der Waals surface area contributed by atoms with Crippen LogP contribution in [0.1, 0.15) is 18.2 Å². The van der Waals surface area contributed by atoms with Crippen molar-refractivity contribution in [1.29, 1.82) is 0 Å². The fraction of sp³-hybridized carbons (Fsp3) is 0.643. The van der Waals surface area contributed by atoms with Crippen molar-refractivity contribution in [1.82, 2.24) is 15.1 Å². The average molecular weight is 316 g/mol. The Bertz CT molecular complexity index is 447. The Balaban J connectivity index is 1.85. The lowest BCUT2D eigenvalue weighted by molar-refractivity contribution is -0.132. The lowest BCUT2D eigenvalue weighted by atomic mass is 10.1. The van der Waals surface area contributed by atoms with Gasteiger partial charge in [0.15, 0.2) is 0 Å². The van der Waals surface area contributed by atoms with E-state index in [4.69, 9.17) is 11.6 Å². The maximum absolute atomic E-state index is 12.3. The smallest absolute Gasteiger partial charge is 0.236 e. The minimum Gasteiger partial charge on any atom is -0.340 e. The second-order valence-electron chi connectivity index (χ2n) is 5.24. The van der Waals surface area contributed by atoms with Crippen LogP contribution in [0.4, 0.5) is 0 Å². The fourth-order valence-corrected chi connectivity index (χ4v) is 3.40. The minimum absolute atomic E-state index is 0.176. The first-order valence-corrected chi connectivity index (χ1v) is 8.22. The van der Waals surface area contributed by atoms with E-state index in [0.29, 0.717) is 19.1 Å². The van der Waals surface area contributed by atoms with Gasteiger partial charge in [0.1, 0.15) is 0 Å². The van der Waals surface area contributed by atoms with Gasteiger partial charge in [0.2, 0.25) is 5.91 Å². The molecule has 1 aromatic rings. The minimum atomic E-state index is 0.176. The van der Waals surface area contributed by atoms with Gasteiger partial charge in [-0.25, -0.2) is 0 Å². The number of carbonyl (C=O) groups excluding carboxylic acids is 1. The van der Waals surface area contributed by atoms with Crippen molar-refractivity contribution in [3.8, 4) is 0 Å². The van der Waals surface area contributed by atoms with Gasteiger partial charge >= 0.3 is 0 Å². The van der Waals surface area contributed by atoms with E-state index >= 15 is 0 Å². The van der Waals surface area contributed by atoms with Crippen molar-refractivity contribution < 1.29 is 4.79 Å². The lowest BCUT2D eigenvalue weighted by Gasteiger charge is -2.38. The molecule has 1 aliphatic rings. The third kappa shape index (κ3) is 4.19. The zero-order valence-electron chi connectivity index (χ0n) is 12.1. The first-order valence-electron chi connectivity index (χ1n) is 7.03. The van der Waals surface area contributed by atoms with E-state index in [9.17, 15) is 4.79 Å². The second kappa shape index (κ2) is 7.41. The standard InChI is InChI=1S/C14H22ClN3OS/c1-3-6-18(11-7-16-8-11)10-14(19)17(2)9-12-4-5-13(15)20-12/h4-5,11,16H,3,6-10H2,1-2H3. The van der Waals surface area contributed by atoms with E-state index in [0.717, 1.165) is 35.3 Å². The third-order valence-electron chi connectivity index (χ3n) is 3.57. The van der Waals surface area contributed by atoms with Gasteiger partial charge in [-0.3, -0.25) is 9.69 Å². The molecule has 1 aliphatic heterocycles. The predicted octanol–water partition coefficient (Wildman–Crippen LogP) is 2.04. The number of nitrogens with zero attached hydrogens (tertiary/aromatic N) is 2. The van der Waals surface area contributed by atoms with Crippen molar-refractivity contribution in [2.24, 2.45) is 0 Å². The Morgan fingerprint density at radius 3 is 2.75 bits per heavy atom. The van der Waals surface area contributed by atoms with Gasteiger partial charge in [0.25, 0.3) is 0 Å². The molecule has 0 atom stereocenters. The molecule has 1 aromatic heterocycles. The molecule has 6 heteroatoms. The monoisotopic (exact) mass is 315 g/mol. The largest absolute Gasteiger partial charge is 0.340 e. The molecule has 4 nitrogen and oxygen atoms in total. The maximum atomic E-state index is 12.3. The van der Waals surface area contributed by atoms with Crippen LogP contribution in [0.25, 0.3) is 0 Å². The zero-order chi connectivity index (χ0) is 14.5. The Kier molecular flexibility index (Phi) is 5.84. The first-order chi connectivity index (χ1) is 9.60. The van der Waals surface area contributed by atoms with Gasteiger partial charge in [-0.05, 0) is 25.1 Å². The molecule has 0 spiro atoms. The van der Waals surface area contributed by atoms with Gasteiger partial charge in [-0.1, -0.05) is 18.5 Å². The van der Waals surface area contributed by atoms with Crippen molar-refractivity contribution in [3.63, 3.8) is 0 Å². The molecule has 0 unspecified atom stereocenters. The van der Waals surface area contributed by atoms with Crippen molar-refractivity contribution in [2.45, 2.75) is 25.9 Å². The number of hydrogen-bond acceptors (Lipinski definition) is 4. The molecular weight excluding hydrogens is 294 g/mol. The van der Waals surface area contributed by atoms with Crippen molar-refractivity contribution >= 4 is 28.8 Å². The molecule has 0 saturated carbocycles. The van der Waals surface area contributed by atoms with E-state index < -0.39 is 0 Å². The van der Waals surface area contributed by atoms with E-state index in [-0.39, 0.29) is 5.91 Å². The summed E-state index contributed by atoms with van der Waals surface area (Å²) in [6.07, 6.45) is 1.08. The molecule has 0 aromatic carbocycles. The Labute approximate surface area is 129 Å². The van der Waals surface area contributed by atoms with Gasteiger partial charge in [0, 0.05) is 31.1 Å². The summed E-state index contributed by atoms with van der Waals surface area (Å²) in [4.78, 5) is 17.5. The van der Waals surface area contributed by atoms with Crippen LogP contribution in [0.2, 0.25) is 4.34 Å². The Morgan fingerprint density at radius 1 is 1.50 bits per heavy atom. The zero-order valence-corrected chi connectivity index (χ0v) is 13.6. The number of rotatable bonds is 7. The summed E-state index contributed by atoms with van der Waals surface area (Å²) in [6.45, 7) is 6.28. The molecule has 1 saturated heterocycles. The van der Waals surface area contributed by atoms with Gasteiger partial charge in [0.05, 0.1) is 17.4 Å². The molecule has 1 amide bonds. The van der Waals surface area contributed by atoms with Gasteiger partial charge in [-0.15, -0.1) is 11.3 Å². The molecule has 20 heavy (non-hydrogen) atoms. The average Bonchev–Trinajstić information content (AvgIpc) is 2.72. The SMILES string of the molecule is CCCN(CC(=O)N(C)Cc1ccc(Cl)s1)C1CNC1. The number of thiophene rings is 1. The van der Waals surface area contributed by atoms with Crippen molar-refractivity contribution in [2.75, 3.05) is 33.2 Å². The summed E-state index contributed by atoms with van der Waals surface area (Å²) in [5.41, 5.74) is 0. The highest BCUT2D eigenvalue weighted by Gasteiger charge is 2.26. The number of nitrogens with one attached hydrogen (secondary N) is 1. The van der Waals surface area contributed by atoms with Crippen LogP contribution in [-0.4, -0.2) is 55.0 Å². The van der Waals surface area contributed by atoms with E-state index in [1.807, 2.05) is 19.2 Å². The maximum Gasteiger partial charge on any atom is 0.236 e. The highest BCUT2D eigenvalue weighted by atomic mass is 35.5. The highest BCUT2D eigenvalue weighted by molar-refractivity contribution is 7.16. The molecule has 112 valence electrons. The number of hydrogen-bond donors (Lipinski definition) is 1. The van der Waals surface area contributed by atoms with Crippen molar-refractivity contribution in [3.05, 3.63) is 21.3 Å². The molecular formula is C14H22ClN3OS. The van der Waals surface area contributed by atoms with Gasteiger partial charge in [-0.2, -0.15) is 0 Å². The van der Waals surface area contributed by atoms with Gasteiger partial charge < -0.3 is 10.2 Å². The normalized spacial score (nSPS) is 15.4. The fourth-order valence-electron chi connectivity index (χ4n) is 2.26. The summed E-state index contributed by atoms with van der Waals surface area (Å²) in [5, 5.41) is 3.27. The van der Waals surface area contributed by atoms with E-state index in [2.05, 4.69) is 17.1 Å². The number of carbonyl (C=O) groups is 1.